The molecule has 14 heteroatoms. The molecule has 0 unspecified atom stereocenters. The van der Waals surface area contributed by atoms with E-state index in [1.54, 1.807) is 19.9 Å². The molecule has 6 nitrogen and oxygen atoms in total. The molecule has 0 aliphatic carbocycles. The van der Waals surface area contributed by atoms with Crippen molar-refractivity contribution in [2.45, 2.75) is 40.5 Å². The van der Waals surface area contributed by atoms with Gasteiger partial charge in [-0.2, -0.15) is 18.7 Å². The number of phenols is 1. The molecule has 0 bridgehead atoms. The first-order valence-electron chi connectivity index (χ1n) is 13.3. The van der Waals surface area contributed by atoms with Crippen LogP contribution in [-0.2, 0) is 12.8 Å². The molecule has 1 N–H and O–H groups in total. The van der Waals surface area contributed by atoms with Crippen LogP contribution >= 0.6 is 47.3 Å². The van der Waals surface area contributed by atoms with Crippen LogP contribution in [0.4, 0.5) is 17.6 Å². The fourth-order valence-electron chi connectivity index (χ4n) is 3.15. The molecule has 0 radical (unpaired) electrons. The number of halogens is 7. The van der Waals surface area contributed by atoms with Gasteiger partial charge in [0, 0.05) is 25.6 Å². The summed E-state index contributed by atoms with van der Waals surface area (Å²) in [5.41, 5.74) is 0.906. The van der Waals surface area contributed by atoms with Crippen molar-refractivity contribution in [2.75, 3.05) is 7.11 Å². The molecule has 2 aromatic carbocycles. The molecule has 0 amide bonds. The van der Waals surface area contributed by atoms with Gasteiger partial charge in [-0.15, -0.1) is 47.3 Å². The highest BCUT2D eigenvalue weighted by atomic mass is 79.9. The number of hydrogen-bond acceptors (Lipinski definition) is 6. The lowest BCUT2D eigenvalue weighted by atomic mass is 10.1. The van der Waals surface area contributed by atoms with Gasteiger partial charge in [0.05, 0.1) is 7.11 Å². The lowest BCUT2D eigenvalue weighted by molar-refractivity contribution is 0.368. The Balaban J connectivity index is 0.000000364. The minimum Gasteiger partial charge on any atom is -0.504 e. The summed E-state index contributed by atoms with van der Waals surface area (Å²) in [5.74, 6) is -2.02. The minimum atomic E-state index is -0.711. The molecule has 232 valence electrons. The highest BCUT2D eigenvalue weighted by Crippen LogP contribution is 2.34. The summed E-state index contributed by atoms with van der Waals surface area (Å²) < 4.78 is 75.1. The Morgan fingerprint density at radius 3 is 1.60 bits per heavy atom. The normalized spacial score (nSPS) is 9.98. The molecule has 0 aliphatic rings. The van der Waals surface area contributed by atoms with Crippen molar-refractivity contribution in [3.8, 4) is 34.8 Å². The number of phenolic OH excluding ortho intramolecular Hbond substituents is 1. The van der Waals surface area contributed by atoms with Crippen molar-refractivity contribution in [3.05, 3.63) is 95.3 Å². The number of pyridine rings is 2. The monoisotopic (exact) mass is 795 g/mol. The highest BCUT2D eigenvalue weighted by Gasteiger charge is 2.13. The van der Waals surface area contributed by atoms with Crippen LogP contribution in [-0.4, -0.2) is 25.4 Å². The van der Waals surface area contributed by atoms with Crippen molar-refractivity contribution in [1.29, 1.82) is 0 Å². The van der Waals surface area contributed by atoms with Crippen LogP contribution in [0, 0.1) is 23.5 Å². The van der Waals surface area contributed by atoms with Crippen molar-refractivity contribution in [1.82, 2.24) is 9.97 Å². The Hall–Kier alpha value is -2.84. The average Bonchev–Trinajstić information content (AvgIpc) is 2.95. The van der Waals surface area contributed by atoms with Crippen molar-refractivity contribution in [2.24, 2.45) is 0 Å². The summed E-state index contributed by atoms with van der Waals surface area (Å²) in [7, 11) is 1.46. The van der Waals surface area contributed by atoms with Crippen LogP contribution in [0.1, 0.15) is 40.2 Å². The van der Waals surface area contributed by atoms with Crippen LogP contribution in [0.5, 0.6) is 34.8 Å². The third-order valence-electron chi connectivity index (χ3n) is 5.03. The van der Waals surface area contributed by atoms with Crippen LogP contribution in [0.2, 0.25) is 0 Å². The number of ether oxygens (including phenoxy) is 3. The average molecular weight is 798 g/mol. The van der Waals surface area contributed by atoms with E-state index < -0.39 is 23.5 Å². The second-order valence-corrected chi connectivity index (χ2v) is 14.2. The molecule has 4 aromatic rings. The number of rotatable bonds is 7. The van der Waals surface area contributed by atoms with E-state index in [0.717, 1.165) is 12.1 Å². The fourth-order valence-corrected chi connectivity index (χ4v) is 3.15. The zero-order valence-corrected chi connectivity index (χ0v) is 28.4. The van der Waals surface area contributed by atoms with E-state index in [4.69, 9.17) is 15.6 Å². The molecule has 0 atom stereocenters. The maximum Gasteiger partial charge on any atom is 0.369 e. The number of benzene rings is 2. The molecule has 43 heavy (non-hydrogen) atoms. The molecular formula is C29H30BBr3F4N2O4. The zero-order valence-electron chi connectivity index (χ0n) is 24.7. The summed E-state index contributed by atoms with van der Waals surface area (Å²) in [5, 5.41) is 9.66. The second kappa shape index (κ2) is 20.2. The van der Waals surface area contributed by atoms with Gasteiger partial charge in [0.1, 0.15) is 11.6 Å². The van der Waals surface area contributed by atoms with Crippen molar-refractivity contribution >= 4 is 50.5 Å². The van der Waals surface area contributed by atoms with Crippen LogP contribution < -0.4 is 14.2 Å². The number of hydrogen-bond donors (Lipinski definition) is 1. The van der Waals surface area contributed by atoms with Gasteiger partial charge in [0.2, 0.25) is 23.7 Å². The Kier molecular flexibility index (Phi) is 17.1. The number of aromatic nitrogens is 2. The van der Waals surface area contributed by atoms with E-state index in [1.807, 2.05) is 6.92 Å². The summed E-state index contributed by atoms with van der Waals surface area (Å²) in [4.78, 5) is 7.01. The van der Waals surface area contributed by atoms with Gasteiger partial charge in [-0.3, -0.25) is 0 Å². The highest BCUT2D eigenvalue weighted by molar-refractivity contribution is 9.69. The minimum absolute atomic E-state index is 0.0435. The molecular weight excluding hydrogens is 767 g/mol. The quantitative estimate of drug-likeness (QED) is 0.114. The van der Waals surface area contributed by atoms with E-state index in [0.29, 0.717) is 36.6 Å². The van der Waals surface area contributed by atoms with Crippen LogP contribution in [0.15, 0.2) is 60.7 Å². The maximum absolute atomic E-state index is 13.7. The number of aryl methyl sites for hydroxylation is 2. The van der Waals surface area contributed by atoms with Crippen LogP contribution in [0.25, 0.3) is 0 Å². The maximum atomic E-state index is 13.7. The smallest absolute Gasteiger partial charge is 0.369 e. The largest absolute Gasteiger partial charge is 0.504 e. The fraction of sp³-hybridized carbons (Fsp3) is 0.241. The first kappa shape index (κ1) is 36.4. The van der Waals surface area contributed by atoms with E-state index in [9.17, 15) is 22.7 Å². The SMILES string of the molecule is BrB(Br)Br.CCc1cc(O)c(Oc2cccc(F)n2)cc1F.CCc1cc(OC)c(Oc2cccc(F)n2)cc1F.[2H]CC. The lowest BCUT2D eigenvalue weighted by Gasteiger charge is -2.11. The Morgan fingerprint density at radius 1 is 0.767 bits per heavy atom. The standard InChI is InChI=1S/C14H13F2NO2.C13H11F2NO2.C2H6.BBr3/c1-3-9-7-11(18-2)12(8-10(9)15)19-14-6-4-5-13(16)17-14;1-2-8-6-10(17)11(7-9(8)14)18-13-5-3-4-12(15)16-13;1-2;2-1(3)4/h4-8H,3H2,1-2H3;3-7,17H,2H2,1H3;1-2H3;/i;;1D;. The van der Waals surface area contributed by atoms with Crippen LogP contribution in [0.3, 0.4) is 0 Å². The van der Waals surface area contributed by atoms with Crippen molar-refractivity contribution in [3.63, 3.8) is 0 Å². The summed E-state index contributed by atoms with van der Waals surface area (Å²) in [6, 6.07) is 13.2. The van der Waals surface area contributed by atoms with Gasteiger partial charge in [-0.05, 0) is 48.2 Å². The van der Waals surface area contributed by atoms with Gasteiger partial charge in [-0.1, -0.05) is 39.8 Å². The van der Waals surface area contributed by atoms with E-state index in [1.165, 1.54) is 49.6 Å². The summed E-state index contributed by atoms with van der Waals surface area (Å²) in [6.07, 6.45) is 0.999. The predicted octanol–water partition coefficient (Wildman–Crippen LogP) is 10.3. The number of methoxy groups -OCH3 is 1. The first-order chi connectivity index (χ1) is 20.9. The molecule has 0 fully saturated rings. The van der Waals surface area contributed by atoms with Gasteiger partial charge in [0.15, 0.2) is 23.0 Å². The van der Waals surface area contributed by atoms with Gasteiger partial charge >= 0.3 is 3.18 Å². The first-order valence-corrected chi connectivity index (χ1v) is 15.3. The van der Waals surface area contributed by atoms with Gasteiger partial charge < -0.3 is 19.3 Å². The Labute approximate surface area is 275 Å². The molecule has 0 aliphatic heterocycles. The van der Waals surface area contributed by atoms with E-state index in [2.05, 4.69) is 57.2 Å². The number of aromatic hydroxyl groups is 1. The Morgan fingerprint density at radius 2 is 1.19 bits per heavy atom. The lowest BCUT2D eigenvalue weighted by Crippen LogP contribution is -1.97. The van der Waals surface area contributed by atoms with E-state index >= 15 is 0 Å². The number of nitrogens with zero attached hydrogens (tertiary/aromatic N) is 2. The topological polar surface area (TPSA) is 73.7 Å². The molecule has 0 spiro atoms. The summed E-state index contributed by atoms with van der Waals surface area (Å²) >= 11 is 9.31. The van der Waals surface area contributed by atoms with E-state index in [-0.39, 0.29) is 32.2 Å². The molecule has 0 saturated carbocycles. The van der Waals surface area contributed by atoms with Crippen molar-refractivity contribution < 1.29 is 38.2 Å². The third-order valence-corrected chi connectivity index (χ3v) is 5.03. The summed E-state index contributed by atoms with van der Waals surface area (Å²) in [6.45, 7) is 5.90. The van der Waals surface area contributed by atoms with Gasteiger partial charge in [-0.25, -0.2) is 8.78 Å². The zero-order chi connectivity index (χ0) is 33.2. The molecule has 0 saturated heterocycles. The molecule has 2 heterocycles. The predicted molar refractivity (Wildman–Crippen MR) is 172 cm³/mol. The second-order valence-electron chi connectivity index (χ2n) is 7.76. The molecule has 2 aromatic heterocycles. The third kappa shape index (κ3) is 13.6. The molecule has 4 rings (SSSR count). The van der Waals surface area contributed by atoms with Gasteiger partial charge in [0.25, 0.3) is 0 Å². The Bertz CT molecular complexity index is 1460.